The number of amides is 3. The Morgan fingerprint density at radius 1 is 1.37 bits per heavy atom. The van der Waals surface area contributed by atoms with Gasteiger partial charge in [0.15, 0.2) is 0 Å². The minimum atomic E-state index is -1.13. The van der Waals surface area contributed by atoms with Crippen molar-refractivity contribution >= 4 is 17.6 Å². The molecule has 3 amide bonds. The zero-order valence-electron chi connectivity index (χ0n) is 11.2. The Morgan fingerprint density at radius 3 is 2.53 bits per heavy atom. The molecule has 0 bridgehead atoms. The fourth-order valence-corrected chi connectivity index (χ4v) is 1.38. The van der Waals surface area contributed by atoms with Crippen molar-refractivity contribution in [2.75, 3.05) is 5.32 Å². The minimum absolute atomic E-state index is 0.524. The number of carbonyl (C=O) groups is 2. The van der Waals surface area contributed by atoms with Crippen molar-refractivity contribution < 1.29 is 14.7 Å². The van der Waals surface area contributed by atoms with Crippen LogP contribution in [0.2, 0.25) is 0 Å². The molecule has 0 aliphatic rings. The van der Waals surface area contributed by atoms with Gasteiger partial charge in [-0.3, -0.25) is 4.79 Å². The average molecular weight is 265 g/mol. The second-order valence-electron chi connectivity index (χ2n) is 4.87. The molecule has 0 aliphatic heterocycles. The van der Waals surface area contributed by atoms with Crippen LogP contribution in [0.15, 0.2) is 24.3 Å². The van der Waals surface area contributed by atoms with E-state index in [0.717, 1.165) is 0 Å². The van der Waals surface area contributed by atoms with Crippen molar-refractivity contribution in [3.05, 3.63) is 29.8 Å². The van der Waals surface area contributed by atoms with Gasteiger partial charge in [-0.25, -0.2) is 4.79 Å². The molecule has 0 radical (unpaired) electrons. The number of anilines is 1. The lowest BCUT2D eigenvalue weighted by Gasteiger charge is -2.22. The fraction of sp³-hybridized carbons (Fsp3) is 0.385. The smallest absolute Gasteiger partial charge is 0.320 e. The number of hydrogen-bond donors (Lipinski definition) is 4. The van der Waals surface area contributed by atoms with Gasteiger partial charge in [-0.05, 0) is 38.5 Å². The molecular formula is C13H19N3O3. The Hall–Kier alpha value is -2.08. The summed E-state index contributed by atoms with van der Waals surface area (Å²) in [6.07, 6.45) is -0.619. The van der Waals surface area contributed by atoms with Crippen LogP contribution in [-0.2, 0) is 4.79 Å². The average Bonchev–Trinajstić information content (AvgIpc) is 2.28. The van der Waals surface area contributed by atoms with Gasteiger partial charge in [-0.2, -0.15) is 0 Å². The number of benzene rings is 1. The van der Waals surface area contributed by atoms with E-state index in [0.29, 0.717) is 11.3 Å². The second-order valence-corrected chi connectivity index (χ2v) is 4.87. The molecule has 0 aromatic heterocycles. The monoisotopic (exact) mass is 265 g/mol. The van der Waals surface area contributed by atoms with Gasteiger partial charge in [-0.15, -0.1) is 0 Å². The molecule has 19 heavy (non-hydrogen) atoms. The Bertz CT molecular complexity index is 484. The van der Waals surface area contributed by atoms with E-state index < -0.39 is 23.6 Å². The van der Waals surface area contributed by atoms with Crippen molar-refractivity contribution in [1.82, 2.24) is 5.32 Å². The van der Waals surface area contributed by atoms with Crippen molar-refractivity contribution in [1.29, 1.82) is 0 Å². The molecule has 0 aliphatic carbocycles. The summed E-state index contributed by atoms with van der Waals surface area (Å²) in [6.45, 7) is 4.66. The maximum Gasteiger partial charge on any atom is 0.320 e. The maximum absolute atomic E-state index is 11.7. The molecule has 6 heteroatoms. The molecule has 0 saturated heterocycles. The lowest BCUT2D eigenvalue weighted by Crippen LogP contribution is -2.54. The number of carbonyl (C=O) groups excluding carboxylic acids is 2. The molecule has 0 saturated carbocycles. The van der Waals surface area contributed by atoms with E-state index in [2.05, 4.69) is 10.6 Å². The van der Waals surface area contributed by atoms with Crippen LogP contribution in [-0.4, -0.2) is 22.6 Å². The number of aliphatic hydroxyl groups excluding tert-OH is 1. The van der Waals surface area contributed by atoms with Crippen LogP contribution in [0.5, 0.6) is 0 Å². The summed E-state index contributed by atoms with van der Waals surface area (Å²) >= 11 is 0. The third-order valence-electron chi connectivity index (χ3n) is 2.67. The number of nitrogens with two attached hydrogens (primary N) is 1. The number of nitrogens with one attached hydrogen (secondary N) is 2. The van der Waals surface area contributed by atoms with Gasteiger partial charge in [0.25, 0.3) is 0 Å². The number of primary amides is 1. The van der Waals surface area contributed by atoms with Crippen LogP contribution >= 0.6 is 0 Å². The highest BCUT2D eigenvalue weighted by Gasteiger charge is 2.26. The third-order valence-corrected chi connectivity index (χ3v) is 2.67. The Morgan fingerprint density at radius 2 is 2.00 bits per heavy atom. The molecule has 1 rings (SSSR count). The van der Waals surface area contributed by atoms with Crippen molar-refractivity contribution in [3.8, 4) is 0 Å². The predicted molar refractivity (Wildman–Crippen MR) is 72.5 cm³/mol. The first-order valence-corrected chi connectivity index (χ1v) is 5.89. The van der Waals surface area contributed by atoms with E-state index >= 15 is 0 Å². The summed E-state index contributed by atoms with van der Waals surface area (Å²) < 4.78 is 0. The van der Waals surface area contributed by atoms with Gasteiger partial charge in [0.05, 0.1) is 6.10 Å². The normalized spacial score (nSPS) is 12.6. The van der Waals surface area contributed by atoms with Crippen LogP contribution in [0.4, 0.5) is 10.5 Å². The first kappa shape index (κ1) is 15.0. The first-order valence-electron chi connectivity index (χ1n) is 5.89. The molecular weight excluding hydrogens is 246 g/mol. The van der Waals surface area contributed by atoms with Crippen LogP contribution in [0, 0.1) is 0 Å². The molecule has 104 valence electrons. The number of aliphatic hydroxyl groups is 1. The molecule has 0 spiro atoms. The van der Waals surface area contributed by atoms with Gasteiger partial charge in [0.2, 0.25) is 5.91 Å². The highest BCUT2D eigenvalue weighted by atomic mass is 16.3. The van der Waals surface area contributed by atoms with Gasteiger partial charge in [0, 0.05) is 5.69 Å². The molecule has 0 heterocycles. The topological polar surface area (TPSA) is 104 Å². The van der Waals surface area contributed by atoms with E-state index in [1.165, 1.54) is 13.8 Å². The summed E-state index contributed by atoms with van der Waals surface area (Å²) in [5.41, 5.74) is 5.24. The lowest BCUT2D eigenvalue weighted by molar-refractivity contribution is -0.122. The quantitative estimate of drug-likeness (QED) is 0.655. The SMILES string of the molecule is CC(O)c1cccc(NC(=O)NC(C)(C)C(N)=O)c1. The van der Waals surface area contributed by atoms with E-state index in [9.17, 15) is 14.7 Å². The number of hydrogen-bond acceptors (Lipinski definition) is 3. The summed E-state index contributed by atoms with van der Waals surface area (Å²) in [5.74, 6) is -0.625. The molecule has 1 unspecified atom stereocenters. The lowest BCUT2D eigenvalue weighted by atomic mass is 10.1. The van der Waals surface area contributed by atoms with Crippen LogP contribution in [0.25, 0.3) is 0 Å². The van der Waals surface area contributed by atoms with Crippen LogP contribution in [0.1, 0.15) is 32.4 Å². The van der Waals surface area contributed by atoms with Gasteiger partial charge >= 0.3 is 6.03 Å². The Balaban J connectivity index is 2.72. The highest BCUT2D eigenvalue weighted by molar-refractivity contribution is 5.95. The maximum atomic E-state index is 11.7. The summed E-state index contributed by atoms with van der Waals surface area (Å²) in [7, 11) is 0. The minimum Gasteiger partial charge on any atom is -0.389 e. The molecule has 1 aromatic carbocycles. The third kappa shape index (κ3) is 4.26. The zero-order valence-corrected chi connectivity index (χ0v) is 11.2. The largest absolute Gasteiger partial charge is 0.389 e. The standard InChI is InChI=1S/C13H19N3O3/c1-8(17)9-5-4-6-10(7-9)15-12(19)16-13(2,3)11(14)18/h4-8,17H,1-3H3,(H2,14,18)(H2,15,16,19). The van der Waals surface area contributed by atoms with E-state index in [1.807, 2.05) is 0 Å². The number of rotatable bonds is 4. The summed E-state index contributed by atoms with van der Waals surface area (Å²) in [4.78, 5) is 22.8. The van der Waals surface area contributed by atoms with Crippen molar-refractivity contribution in [2.45, 2.75) is 32.4 Å². The summed E-state index contributed by atoms with van der Waals surface area (Å²) in [5, 5.41) is 14.5. The van der Waals surface area contributed by atoms with Crippen molar-refractivity contribution in [3.63, 3.8) is 0 Å². The second kappa shape index (κ2) is 5.71. The Kier molecular flexibility index (Phi) is 4.50. The molecule has 5 N–H and O–H groups in total. The Labute approximate surface area is 112 Å². The predicted octanol–water partition coefficient (Wildman–Crippen LogP) is 1.13. The molecule has 1 aromatic rings. The van der Waals surface area contributed by atoms with Gasteiger partial charge in [-0.1, -0.05) is 12.1 Å². The van der Waals surface area contributed by atoms with Gasteiger partial charge < -0.3 is 21.5 Å². The molecule has 6 nitrogen and oxygen atoms in total. The fourth-order valence-electron chi connectivity index (χ4n) is 1.38. The highest BCUT2D eigenvalue weighted by Crippen LogP contribution is 2.17. The summed E-state index contributed by atoms with van der Waals surface area (Å²) in [6, 6.07) is 6.27. The van der Waals surface area contributed by atoms with Crippen LogP contribution < -0.4 is 16.4 Å². The molecule has 1 atom stereocenters. The van der Waals surface area contributed by atoms with Crippen molar-refractivity contribution in [2.24, 2.45) is 5.73 Å². The van der Waals surface area contributed by atoms with E-state index in [-0.39, 0.29) is 0 Å². The van der Waals surface area contributed by atoms with Gasteiger partial charge in [0.1, 0.15) is 5.54 Å². The number of urea groups is 1. The first-order chi connectivity index (χ1) is 8.72. The van der Waals surface area contributed by atoms with E-state index in [1.54, 1.807) is 31.2 Å². The molecule has 0 fully saturated rings. The van der Waals surface area contributed by atoms with E-state index in [4.69, 9.17) is 5.73 Å². The van der Waals surface area contributed by atoms with Crippen LogP contribution in [0.3, 0.4) is 0 Å². The zero-order chi connectivity index (χ0) is 14.6.